The van der Waals surface area contributed by atoms with Crippen LogP contribution >= 0.6 is 22.9 Å². The van der Waals surface area contributed by atoms with Crippen molar-refractivity contribution in [3.05, 3.63) is 22.2 Å². The lowest BCUT2D eigenvalue weighted by atomic mass is 10.5. The molecule has 0 spiro atoms. The molecule has 102 valence electrons. The summed E-state index contributed by atoms with van der Waals surface area (Å²) in [4.78, 5) is 15.7. The van der Waals surface area contributed by atoms with Crippen LogP contribution in [0, 0.1) is 0 Å². The van der Waals surface area contributed by atoms with E-state index in [9.17, 15) is 4.79 Å². The van der Waals surface area contributed by atoms with E-state index < -0.39 is 5.97 Å². The summed E-state index contributed by atoms with van der Waals surface area (Å²) < 4.78 is 6.52. The number of nitrogens with one attached hydrogen (secondary N) is 1. The number of rotatable bonds is 5. The molecule has 2 aromatic heterocycles. The molecule has 2 rings (SSSR count). The number of hydrogen-bond donors (Lipinski definition) is 1. The number of carbonyl (C=O) groups excluding carboxylic acids is 1. The molecule has 0 aromatic carbocycles. The van der Waals surface area contributed by atoms with Crippen molar-refractivity contribution in [3.63, 3.8) is 0 Å². The first-order chi connectivity index (χ1) is 9.15. The third kappa shape index (κ3) is 3.02. The van der Waals surface area contributed by atoms with E-state index in [1.54, 1.807) is 6.33 Å². The topological polar surface area (TPSA) is 81.9 Å². The van der Waals surface area contributed by atoms with Crippen molar-refractivity contribution in [2.45, 2.75) is 20.0 Å². The van der Waals surface area contributed by atoms with Gasteiger partial charge in [-0.15, -0.1) is 10.2 Å². The first-order valence-corrected chi connectivity index (χ1v) is 6.70. The lowest BCUT2D eigenvalue weighted by Gasteiger charge is -2.03. The number of aryl methyl sites for hydroxylation is 1. The molecule has 1 N–H and O–H groups in total. The molecule has 0 bridgehead atoms. The van der Waals surface area contributed by atoms with Crippen molar-refractivity contribution in [1.82, 2.24) is 19.7 Å². The molecule has 0 atom stereocenters. The monoisotopic (exact) mass is 301 g/mol. The van der Waals surface area contributed by atoms with Gasteiger partial charge in [-0.2, -0.15) is 0 Å². The fourth-order valence-corrected chi connectivity index (χ4v) is 2.53. The Bertz CT molecular complexity index is 582. The Kier molecular flexibility index (Phi) is 4.33. The van der Waals surface area contributed by atoms with E-state index in [4.69, 9.17) is 11.6 Å². The third-order valence-corrected chi connectivity index (χ3v) is 3.77. The maximum Gasteiger partial charge on any atom is 0.351 e. The largest absolute Gasteiger partial charge is 0.465 e. The first-order valence-electron chi connectivity index (χ1n) is 5.50. The van der Waals surface area contributed by atoms with E-state index in [1.807, 2.05) is 11.5 Å². The molecule has 0 fully saturated rings. The van der Waals surface area contributed by atoms with Gasteiger partial charge in [0.25, 0.3) is 0 Å². The summed E-state index contributed by atoms with van der Waals surface area (Å²) in [6.45, 7) is 3.25. The Morgan fingerprint density at radius 3 is 3.11 bits per heavy atom. The van der Waals surface area contributed by atoms with Gasteiger partial charge >= 0.3 is 5.97 Å². The van der Waals surface area contributed by atoms with Crippen molar-refractivity contribution >= 4 is 34.0 Å². The third-order valence-electron chi connectivity index (χ3n) is 2.39. The van der Waals surface area contributed by atoms with Crippen LogP contribution in [-0.4, -0.2) is 32.8 Å². The van der Waals surface area contributed by atoms with E-state index in [2.05, 4.69) is 25.2 Å². The minimum atomic E-state index is -0.493. The Morgan fingerprint density at radius 1 is 1.63 bits per heavy atom. The van der Waals surface area contributed by atoms with Crippen LogP contribution in [0.4, 0.5) is 5.13 Å². The number of aromatic nitrogens is 4. The average molecular weight is 302 g/mol. The minimum Gasteiger partial charge on any atom is -0.465 e. The van der Waals surface area contributed by atoms with Gasteiger partial charge in [0, 0.05) is 6.54 Å². The van der Waals surface area contributed by atoms with E-state index in [0.29, 0.717) is 11.7 Å². The second-order valence-corrected chi connectivity index (χ2v) is 4.87. The number of thiazole rings is 1. The molecule has 2 aromatic rings. The van der Waals surface area contributed by atoms with E-state index >= 15 is 0 Å². The van der Waals surface area contributed by atoms with Crippen LogP contribution in [0.2, 0.25) is 5.15 Å². The highest BCUT2D eigenvalue weighted by atomic mass is 35.5. The summed E-state index contributed by atoms with van der Waals surface area (Å²) in [5.74, 6) is 0.292. The van der Waals surface area contributed by atoms with E-state index in [0.717, 1.165) is 23.7 Å². The highest BCUT2D eigenvalue weighted by molar-refractivity contribution is 7.18. The van der Waals surface area contributed by atoms with Gasteiger partial charge in [0.15, 0.2) is 21.0 Å². The summed E-state index contributed by atoms with van der Waals surface area (Å²) >= 11 is 7.00. The highest BCUT2D eigenvalue weighted by Crippen LogP contribution is 2.27. The van der Waals surface area contributed by atoms with Gasteiger partial charge in [-0.1, -0.05) is 22.9 Å². The Morgan fingerprint density at radius 2 is 2.42 bits per heavy atom. The number of hydrogen-bond acceptors (Lipinski definition) is 7. The normalized spacial score (nSPS) is 10.5. The summed E-state index contributed by atoms with van der Waals surface area (Å²) in [6, 6.07) is 0. The van der Waals surface area contributed by atoms with Crippen LogP contribution in [0.25, 0.3) is 0 Å². The van der Waals surface area contributed by atoms with Crippen LogP contribution < -0.4 is 5.32 Å². The fraction of sp³-hybridized carbons (Fsp3) is 0.400. The molecule has 9 heteroatoms. The lowest BCUT2D eigenvalue weighted by molar-refractivity contribution is 0.0606. The predicted octanol–water partition coefficient (Wildman–Crippen LogP) is 1.81. The molecule has 0 saturated carbocycles. The fourth-order valence-electron chi connectivity index (χ4n) is 1.43. The highest BCUT2D eigenvalue weighted by Gasteiger charge is 2.17. The van der Waals surface area contributed by atoms with Gasteiger partial charge in [-0.3, -0.25) is 0 Å². The van der Waals surface area contributed by atoms with Crippen molar-refractivity contribution < 1.29 is 9.53 Å². The zero-order valence-corrected chi connectivity index (χ0v) is 12.0. The summed E-state index contributed by atoms with van der Waals surface area (Å²) in [5.41, 5.74) is 0. The molecule has 2 heterocycles. The Balaban J connectivity index is 2.06. The SMILES string of the molecule is CCn1cnnc1CNc1nc(Cl)c(C(=O)OC)s1. The van der Waals surface area contributed by atoms with Gasteiger partial charge in [-0.25, -0.2) is 9.78 Å². The Labute approximate surface area is 118 Å². The van der Waals surface area contributed by atoms with Gasteiger partial charge in [0.2, 0.25) is 0 Å². The summed E-state index contributed by atoms with van der Waals surface area (Å²) in [5, 5.41) is 11.5. The van der Waals surface area contributed by atoms with Crippen molar-refractivity contribution in [2.24, 2.45) is 0 Å². The average Bonchev–Trinajstić information content (AvgIpc) is 3.01. The van der Waals surface area contributed by atoms with Crippen LogP contribution in [0.1, 0.15) is 22.4 Å². The van der Waals surface area contributed by atoms with Crippen LogP contribution in [0.15, 0.2) is 6.33 Å². The predicted molar refractivity (Wildman–Crippen MR) is 71.5 cm³/mol. The zero-order chi connectivity index (χ0) is 13.8. The quantitative estimate of drug-likeness (QED) is 0.848. The van der Waals surface area contributed by atoms with Gasteiger partial charge in [0.1, 0.15) is 6.33 Å². The smallest absolute Gasteiger partial charge is 0.351 e. The summed E-state index contributed by atoms with van der Waals surface area (Å²) in [7, 11) is 1.30. The molecule has 0 aliphatic carbocycles. The van der Waals surface area contributed by atoms with Gasteiger partial charge in [-0.05, 0) is 6.92 Å². The number of halogens is 1. The number of anilines is 1. The van der Waals surface area contributed by atoms with Crippen LogP contribution in [0.3, 0.4) is 0 Å². The second kappa shape index (κ2) is 5.98. The second-order valence-electron chi connectivity index (χ2n) is 3.52. The maximum atomic E-state index is 11.4. The van der Waals surface area contributed by atoms with E-state index in [1.165, 1.54) is 7.11 Å². The molecule has 0 saturated heterocycles. The van der Waals surface area contributed by atoms with Gasteiger partial charge in [0.05, 0.1) is 13.7 Å². The number of methoxy groups -OCH3 is 1. The van der Waals surface area contributed by atoms with E-state index in [-0.39, 0.29) is 10.0 Å². The molecule has 7 nitrogen and oxygen atoms in total. The van der Waals surface area contributed by atoms with Crippen molar-refractivity contribution in [3.8, 4) is 0 Å². The number of nitrogens with zero attached hydrogens (tertiary/aromatic N) is 4. The number of esters is 1. The summed E-state index contributed by atoms with van der Waals surface area (Å²) in [6.07, 6.45) is 1.66. The molecule has 19 heavy (non-hydrogen) atoms. The molecule has 0 unspecified atom stereocenters. The number of carbonyl (C=O) groups is 1. The molecule has 0 aliphatic rings. The Hall–Kier alpha value is -1.67. The maximum absolute atomic E-state index is 11.4. The van der Waals surface area contributed by atoms with Crippen LogP contribution in [-0.2, 0) is 17.8 Å². The lowest BCUT2D eigenvalue weighted by Crippen LogP contribution is -2.07. The van der Waals surface area contributed by atoms with Crippen molar-refractivity contribution in [1.29, 1.82) is 0 Å². The van der Waals surface area contributed by atoms with Crippen LogP contribution in [0.5, 0.6) is 0 Å². The molecule has 0 aliphatic heterocycles. The molecule has 0 radical (unpaired) electrons. The first kappa shape index (κ1) is 13.8. The number of ether oxygens (including phenoxy) is 1. The van der Waals surface area contributed by atoms with Crippen molar-refractivity contribution in [2.75, 3.05) is 12.4 Å². The molecular weight excluding hydrogens is 290 g/mol. The van der Waals surface area contributed by atoms with Gasteiger partial charge < -0.3 is 14.6 Å². The molecular formula is C10H12ClN5O2S. The standard InChI is InChI=1S/C10H12ClN5O2S/c1-3-16-5-13-15-6(16)4-12-10-14-8(11)7(19-10)9(17)18-2/h5H,3-4H2,1-2H3,(H,12,14). The zero-order valence-electron chi connectivity index (χ0n) is 10.4. The molecule has 0 amide bonds. The minimum absolute atomic E-state index is 0.135.